The Kier molecular flexibility index (Phi) is 6.03. The molecule has 1 fully saturated rings. The van der Waals surface area contributed by atoms with Crippen molar-refractivity contribution in [3.63, 3.8) is 0 Å². The summed E-state index contributed by atoms with van der Waals surface area (Å²) in [4.78, 5) is 6.92. The van der Waals surface area contributed by atoms with E-state index in [4.69, 9.17) is 9.72 Å². The average Bonchev–Trinajstić information content (AvgIpc) is 3.50. The minimum Gasteiger partial charge on any atom is -0.492 e. The summed E-state index contributed by atoms with van der Waals surface area (Å²) in [7, 11) is -3.20. The Balaban J connectivity index is 1.21. The molecule has 4 aromatic heterocycles. The van der Waals surface area contributed by atoms with Crippen molar-refractivity contribution < 1.29 is 13.2 Å². The van der Waals surface area contributed by atoms with Gasteiger partial charge in [-0.25, -0.2) is 17.9 Å². The summed E-state index contributed by atoms with van der Waals surface area (Å²) in [6.45, 7) is 3.83. The van der Waals surface area contributed by atoms with Crippen molar-refractivity contribution >= 4 is 32.2 Å². The summed E-state index contributed by atoms with van der Waals surface area (Å²) in [5.41, 5.74) is 4.39. The zero-order valence-corrected chi connectivity index (χ0v) is 21.4. The van der Waals surface area contributed by atoms with E-state index in [9.17, 15) is 8.42 Å². The van der Waals surface area contributed by atoms with Crippen LogP contribution in [0, 0.1) is 0 Å². The van der Waals surface area contributed by atoms with Gasteiger partial charge in [0, 0.05) is 30.4 Å². The zero-order valence-electron chi connectivity index (χ0n) is 20.5. The Bertz CT molecular complexity index is 1640. The van der Waals surface area contributed by atoms with Crippen LogP contribution in [0.5, 0.6) is 5.75 Å². The lowest BCUT2D eigenvalue weighted by molar-refractivity contribution is 0.338. The summed E-state index contributed by atoms with van der Waals surface area (Å²) in [5.74, 6) is 1.67. The van der Waals surface area contributed by atoms with Gasteiger partial charge in [-0.3, -0.25) is 5.10 Å². The van der Waals surface area contributed by atoms with Crippen molar-refractivity contribution in [1.29, 1.82) is 0 Å². The number of fused-ring (bicyclic) bond motifs is 3. The highest BCUT2D eigenvalue weighted by molar-refractivity contribution is 7.91. The molecule has 5 aromatic rings. The van der Waals surface area contributed by atoms with Gasteiger partial charge in [-0.15, -0.1) is 5.10 Å². The Morgan fingerprint density at radius 3 is 2.62 bits per heavy atom. The first-order valence-electron chi connectivity index (χ1n) is 12.5. The van der Waals surface area contributed by atoms with Crippen LogP contribution in [0.1, 0.15) is 25.3 Å². The molecule has 9 nitrogen and oxygen atoms in total. The molecule has 0 spiro atoms. The van der Waals surface area contributed by atoms with E-state index < -0.39 is 9.84 Å². The van der Waals surface area contributed by atoms with Crippen molar-refractivity contribution in [2.45, 2.75) is 30.8 Å². The van der Waals surface area contributed by atoms with Crippen LogP contribution in [0.2, 0.25) is 0 Å². The number of nitrogens with one attached hydrogen (secondary N) is 1. The molecule has 1 N–H and O–H groups in total. The number of piperidine rings is 1. The third kappa shape index (κ3) is 4.53. The molecule has 0 saturated carbocycles. The molecule has 37 heavy (non-hydrogen) atoms. The molecule has 0 amide bonds. The van der Waals surface area contributed by atoms with Gasteiger partial charge in [0.25, 0.3) is 0 Å². The number of rotatable bonds is 7. The number of sulfone groups is 1. The molecular weight excluding hydrogens is 488 g/mol. The fourth-order valence-electron chi connectivity index (χ4n) is 5.11. The van der Waals surface area contributed by atoms with Crippen LogP contribution in [0.4, 0.5) is 5.82 Å². The summed E-state index contributed by atoms with van der Waals surface area (Å²) in [5, 5.41) is 12.3. The zero-order chi connectivity index (χ0) is 25.4. The standard InChI is InChI=1S/C27H28N6O3S/c1-2-36-21-14-23(26-24-16-29-30-27(24)31-33(26)17-21)20-8-9-25(28-15-20)32-12-10-22(11-13-32)37(34,35)18-19-6-4-3-5-7-19/h3-9,14-17,22H,2,10-13,18H2,1H3,(H,30,31). The summed E-state index contributed by atoms with van der Waals surface area (Å²) < 4.78 is 33.5. The minimum atomic E-state index is -3.20. The number of H-pyrrole nitrogens is 1. The molecule has 1 aliphatic rings. The molecule has 0 bridgehead atoms. The van der Waals surface area contributed by atoms with Crippen LogP contribution in [-0.4, -0.2) is 58.2 Å². The molecule has 190 valence electrons. The first kappa shape index (κ1) is 23.5. The topological polar surface area (TPSA) is 105 Å². The quantitative estimate of drug-likeness (QED) is 0.345. The van der Waals surface area contributed by atoms with Gasteiger partial charge in [0.05, 0.1) is 40.9 Å². The molecule has 1 saturated heterocycles. The van der Waals surface area contributed by atoms with E-state index in [1.54, 1.807) is 6.20 Å². The normalized spacial score (nSPS) is 15.0. The van der Waals surface area contributed by atoms with E-state index in [-0.39, 0.29) is 11.0 Å². The van der Waals surface area contributed by atoms with Crippen LogP contribution in [0.15, 0.2) is 67.1 Å². The highest BCUT2D eigenvalue weighted by Crippen LogP contribution is 2.33. The van der Waals surface area contributed by atoms with Gasteiger partial charge in [-0.2, -0.15) is 5.10 Å². The second-order valence-corrected chi connectivity index (χ2v) is 11.6. The minimum absolute atomic E-state index is 0.0965. The third-order valence-corrected chi connectivity index (χ3v) is 9.18. The van der Waals surface area contributed by atoms with Crippen LogP contribution < -0.4 is 9.64 Å². The van der Waals surface area contributed by atoms with E-state index in [2.05, 4.69) is 20.2 Å². The van der Waals surface area contributed by atoms with Gasteiger partial charge < -0.3 is 9.64 Å². The molecule has 10 heteroatoms. The van der Waals surface area contributed by atoms with Gasteiger partial charge in [0.2, 0.25) is 0 Å². The maximum absolute atomic E-state index is 13.0. The van der Waals surface area contributed by atoms with E-state index in [0.717, 1.165) is 39.2 Å². The maximum atomic E-state index is 13.0. The molecule has 0 radical (unpaired) electrons. The number of hydrogen-bond donors (Lipinski definition) is 1. The highest BCUT2D eigenvalue weighted by Gasteiger charge is 2.30. The second-order valence-electron chi connectivity index (χ2n) is 9.33. The SMILES string of the molecule is CCOc1cc(-c2ccc(N3CCC(S(=O)(=O)Cc4ccccc4)CC3)nc2)c2c3cn[nH]c3nn2c1. The van der Waals surface area contributed by atoms with E-state index in [1.165, 1.54) is 0 Å². The predicted molar refractivity (Wildman–Crippen MR) is 144 cm³/mol. The van der Waals surface area contributed by atoms with Crippen LogP contribution in [0.25, 0.3) is 27.7 Å². The lowest BCUT2D eigenvalue weighted by atomic mass is 10.1. The van der Waals surface area contributed by atoms with Crippen molar-refractivity contribution in [3.05, 3.63) is 72.7 Å². The summed E-state index contributed by atoms with van der Waals surface area (Å²) >= 11 is 0. The van der Waals surface area contributed by atoms with E-state index >= 15 is 0 Å². The molecule has 0 atom stereocenters. The van der Waals surface area contributed by atoms with E-state index in [1.807, 2.05) is 72.4 Å². The average molecular weight is 517 g/mol. The molecule has 0 aliphatic carbocycles. The maximum Gasteiger partial charge on any atom is 0.178 e. The summed E-state index contributed by atoms with van der Waals surface area (Å²) in [6.07, 6.45) is 6.71. The first-order valence-corrected chi connectivity index (χ1v) is 14.2. The number of anilines is 1. The number of ether oxygens (including phenoxy) is 1. The van der Waals surface area contributed by atoms with Gasteiger partial charge in [-0.05, 0) is 43.5 Å². The smallest absolute Gasteiger partial charge is 0.178 e. The predicted octanol–water partition coefficient (Wildman–Crippen LogP) is 4.26. The van der Waals surface area contributed by atoms with Gasteiger partial charge in [0.1, 0.15) is 11.6 Å². The van der Waals surface area contributed by atoms with Crippen molar-refractivity contribution in [3.8, 4) is 16.9 Å². The Morgan fingerprint density at radius 2 is 1.89 bits per heavy atom. The lowest BCUT2D eigenvalue weighted by Gasteiger charge is -2.32. The number of pyridine rings is 2. The molecule has 1 aromatic carbocycles. The second kappa shape index (κ2) is 9.51. The molecule has 6 rings (SSSR count). The third-order valence-electron chi connectivity index (χ3n) is 6.96. The Morgan fingerprint density at radius 1 is 1.08 bits per heavy atom. The largest absolute Gasteiger partial charge is 0.492 e. The molecular formula is C27H28N6O3S. The Labute approximate surface area is 215 Å². The monoisotopic (exact) mass is 516 g/mol. The van der Waals surface area contributed by atoms with Gasteiger partial charge in [0.15, 0.2) is 15.5 Å². The van der Waals surface area contributed by atoms with Crippen LogP contribution in [0.3, 0.4) is 0 Å². The number of aromatic nitrogens is 5. The fraction of sp³-hybridized carbons (Fsp3) is 0.296. The van der Waals surface area contributed by atoms with Crippen molar-refractivity contribution in [1.82, 2.24) is 24.8 Å². The number of nitrogens with zero attached hydrogens (tertiary/aromatic N) is 5. The Hall–Kier alpha value is -3.92. The van der Waals surface area contributed by atoms with Gasteiger partial charge >= 0.3 is 0 Å². The molecule has 5 heterocycles. The molecule has 0 unspecified atom stereocenters. The highest BCUT2D eigenvalue weighted by atomic mass is 32.2. The first-order chi connectivity index (χ1) is 18.0. The molecule has 1 aliphatic heterocycles. The van der Waals surface area contributed by atoms with Crippen LogP contribution in [-0.2, 0) is 15.6 Å². The van der Waals surface area contributed by atoms with Crippen molar-refractivity contribution in [2.75, 3.05) is 24.6 Å². The van der Waals surface area contributed by atoms with Crippen LogP contribution >= 0.6 is 0 Å². The lowest BCUT2D eigenvalue weighted by Crippen LogP contribution is -2.40. The number of aromatic amines is 1. The van der Waals surface area contributed by atoms with Gasteiger partial charge in [-0.1, -0.05) is 30.3 Å². The number of benzene rings is 1. The number of hydrogen-bond acceptors (Lipinski definition) is 7. The van der Waals surface area contributed by atoms with E-state index in [0.29, 0.717) is 38.2 Å². The van der Waals surface area contributed by atoms with Crippen molar-refractivity contribution in [2.24, 2.45) is 0 Å². The fourth-order valence-corrected chi connectivity index (χ4v) is 6.93. The summed E-state index contributed by atoms with van der Waals surface area (Å²) in [6, 6.07) is 15.5.